The van der Waals surface area contributed by atoms with Gasteiger partial charge in [0, 0.05) is 6.04 Å². The van der Waals surface area contributed by atoms with E-state index in [-0.39, 0.29) is 23.6 Å². The Hall–Kier alpha value is -2.35. The van der Waals surface area contributed by atoms with E-state index in [1.54, 1.807) is 11.0 Å². The van der Waals surface area contributed by atoms with Crippen LogP contribution in [0.5, 0.6) is 0 Å². The Morgan fingerprint density at radius 2 is 2.08 bits per heavy atom. The Morgan fingerprint density at radius 1 is 1.32 bits per heavy atom. The van der Waals surface area contributed by atoms with Gasteiger partial charge in [0.15, 0.2) is 5.16 Å². The summed E-state index contributed by atoms with van der Waals surface area (Å²) in [6.45, 7) is 3.82. The van der Waals surface area contributed by atoms with Crippen LogP contribution in [0.3, 0.4) is 0 Å². The fourth-order valence-electron chi connectivity index (χ4n) is 3.04. The number of thioether (sulfide) groups is 1. The van der Waals surface area contributed by atoms with E-state index in [9.17, 15) is 9.59 Å². The third kappa shape index (κ3) is 3.02. The molecule has 1 aliphatic heterocycles. The highest BCUT2D eigenvalue weighted by atomic mass is 32.2. The molecular formula is C17H19N5O2S. The second-order valence-corrected chi connectivity index (χ2v) is 7.69. The quantitative estimate of drug-likeness (QED) is 0.850. The van der Waals surface area contributed by atoms with Crippen LogP contribution in [0.4, 0.5) is 11.4 Å². The highest BCUT2D eigenvalue weighted by Gasteiger charge is 2.33. The van der Waals surface area contributed by atoms with Crippen molar-refractivity contribution in [1.29, 1.82) is 0 Å². The van der Waals surface area contributed by atoms with Gasteiger partial charge in [-0.05, 0) is 38.8 Å². The van der Waals surface area contributed by atoms with E-state index in [2.05, 4.69) is 20.1 Å². The van der Waals surface area contributed by atoms with E-state index in [0.717, 1.165) is 29.5 Å². The molecule has 0 spiro atoms. The number of carbonyl (C=O) groups excluding carboxylic acids is 2. The summed E-state index contributed by atoms with van der Waals surface area (Å²) >= 11 is 1.40. The van der Waals surface area contributed by atoms with Crippen LogP contribution in [0.1, 0.15) is 31.6 Å². The number of fused-ring (bicyclic) bond motifs is 1. The molecule has 4 rings (SSSR count). The van der Waals surface area contributed by atoms with Gasteiger partial charge in [-0.1, -0.05) is 23.9 Å². The molecule has 2 heterocycles. The van der Waals surface area contributed by atoms with Gasteiger partial charge in [0.05, 0.1) is 16.6 Å². The number of para-hydroxylation sites is 2. The molecule has 1 aromatic heterocycles. The molecule has 1 aliphatic carbocycles. The van der Waals surface area contributed by atoms with Crippen molar-refractivity contribution in [1.82, 2.24) is 14.8 Å². The first-order valence-electron chi connectivity index (χ1n) is 8.33. The molecule has 2 aliphatic rings. The van der Waals surface area contributed by atoms with Crippen LogP contribution < -0.4 is 10.2 Å². The normalized spacial score (nSPS) is 17.8. The molecule has 2 aromatic rings. The summed E-state index contributed by atoms with van der Waals surface area (Å²) in [7, 11) is 0. The average Bonchev–Trinajstić information content (AvgIpc) is 3.37. The molecule has 0 unspecified atom stereocenters. The molecule has 1 atom stereocenters. The highest BCUT2D eigenvalue weighted by molar-refractivity contribution is 8.00. The minimum Gasteiger partial charge on any atom is -0.323 e. The molecule has 7 nitrogen and oxygen atoms in total. The first-order valence-corrected chi connectivity index (χ1v) is 9.21. The van der Waals surface area contributed by atoms with Crippen molar-refractivity contribution in [3.8, 4) is 0 Å². The fourth-order valence-corrected chi connectivity index (χ4v) is 4.07. The summed E-state index contributed by atoms with van der Waals surface area (Å²) in [5.41, 5.74) is 1.40. The Labute approximate surface area is 149 Å². The second-order valence-electron chi connectivity index (χ2n) is 6.38. The van der Waals surface area contributed by atoms with E-state index in [1.807, 2.05) is 32.0 Å². The third-order valence-corrected chi connectivity index (χ3v) is 5.46. The van der Waals surface area contributed by atoms with Crippen molar-refractivity contribution in [3.63, 3.8) is 0 Å². The zero-order valence-electron chi connectivity index (χ0n) is 14.1. The maximum Gasteiger partial charge on any atom is 0.244 e. The van der Waals surface area contributed by atoms with E-state index >= 15 is 0 Å². The van der Waals surface area contributed by atoms with Gasteiger partial charge in [-0.25, -0.2) is 0 Å². The van der Waals surface area contributed by atoms with Crippen LogP contribution in [-0.2, 0) is 9.59 Å². The Bertz CT molecular complexity index is 845. The van der Waals surface area contributed by atoms with Gasteiger partial charge in [-0.2, -0.15) is 0 Å². The lowest BCUT2D eigenvalue weighted by Gasteiger charge is -2.30. The summed E-state index contributed by atoms with van der Waals surface area (Å²) in [5, 5.41) is 11.6. The van der Waals surface area contributed by atoms with Crippen LogP contribution in [0, 0.1) is 6.92 Å². The molecule has 0 bridgehead atoms. The number of aryl methyl sites for hydroxylation is 1. The lowest BCUT2D eigenvalue weighted by molar-refractivity contribution is -0.121. The number of aromatic nitrogens is 3. The lowest BCUT2D eigenvalue weighted by Crippen LogP contribution is -2.45. The number of benzene rings is 1. The fraction of sp³-hybridized carbons (Fsp3) is 0.412. The summed E-state index contributed by atoms with van der Waals surface area (Å²) in [5.74, 6) is 0.601. The lowest BCUT2D eigenvalue weighted by atomic mass is 10.2. The van der Waals surface area contributed by atoms with E-state index < -0.39 is 0 Å². The monoisotopic (exact) mass is 357 g/mol. The number of nitrogens with one attached hydrogen (secondary N) is 1. The topological polar surface area (TPSA) is 80.1 Å². The van der Waals surface area contributed by atoms with Crippen molar-refractivity contribution in [2.45, 2.75) is 43.1 Å². The number of carbonyl (C=O) groups is 2. The first kappa shape index (κ1) is 16.1. The van der Waals surface area contributed by atoms with Crippen LogP contribution >= 0.6 is 11.8 Å². The highest BCUT2D eigenvalue weighted by Crippen LogP contribution is 2.39. The zero-order valence-corrected chi connectivity index (χ0v) is 14.9. The van der Waals surface area contributed by atoms with Crippen LogP contribution in [0.15, 0.2) is 29.4 Å². The molecule has 130 valence electrons. The molecule has 0 radical (unpaired) electrons. The third-order valence-electron chi connectivity index (χ3n) is 4.41. The molecular weight excluding hydrogens is 338 g/mol. The van der Waals surface area contributed by atoms with Crippen molar-refractivity contribution in [2.75, 3.05) is 16.8 Å². The first-order chi connectivity index (χ1) is 12.0. The van der Waals surface area contributed by atoms with Crippen LogP contribution in [0.2, 0.25) is 0 Å². The van der Waals surface area contributed by atoms with Crippen LogP contribution in [0.25, 0.3) is 0 Å². The molecule has 1 aromatic carbocycles. The summed E-state index contributed by atoms with van der Waals surface area (Å²) < 4.78 is 2.12. The second kappa shape index (κ2) is 6.18. The molecule has 8 heteroatoms. The van der Waals surface area contributed by atoms with E-state index in [0.29, 0.717) is 11.7 Å². The number of nitrogens with zero attached hydrogens (tertiary/aromatic N) is 4. The van der Waals surface area contributed by atoms with Crippen molar-refractivity contribution < 1.29 is 9.59 Å². The van der Waals surface area contributed by atoms with Crippen molar-refractivity contribution >= 4 is 35.0 Å². The van der Waals surface area contributed by atoms with Crippen molar-refractivity contribution in [3.05, 3.63) is 30.1 Å². The van der Waals surface area contributed by atoms with Gasteiger partial charge >= 0.3 is 0 Å². The maximum absolute atomic E-state index is 13.0. The smallest absolute Gasteiger partial charge is 0.244 e. The summed E-state index contributed by atoms with van der Waals surface area (Å²) in [4.78, 5) is 26.5. The minimum absolute atomic E-state index is 0.0368. The Kier molecular flexibility index (Phi) is 3.99. The van der Waals surface area contributed by atoms with Crippen LogP contribution in [-0.4, -0.2) is 38.4 Å². The van der Waals surface area contributed by atoms with E-state index in [4.69, 9.17) is 0 Å². The van der Waals surface area contributed by atoms with Gasteiger partial charge in [0.1, 0.15) is 12.4 Å². The SMILES string of the molecule is Cc1nnc(S[C@@H](C)C(=O)N2CC(=O)Nc3ccccc32)n1C1CC1. The van der Waals surface area contributed by atoms with Gasteiger partial charge in [0.2, 0.25) is 11.8 Å². The minimum atomic E-state index is -0.361. The predicted molar refractivity (Wildman–Crippen MR) is 95.8 cm³/mol. The Balaban J connectivity index is 1.56. The van der Waals surface area contributed by atoms with Gasteiger partial charge in [0.25, 0.3) is 0 Å². The molecule has 0 saturated heterocycles. The zero-order chi connectivity index (χ0) is 17.6. The molecule has 25 heavy (non-hydrogen) atoms. The van der Waals surface area contributed by atoms with Gasteiger partial charge in [-0.3, -0.25) is 14.5 Å². The van der Waals surface area contributed by atoms with E-state index in [1.165, 1.54) is 11.8 Å². The number of hydrogen-bond acceptors (Lipinski definition) is 5. The molecule has 1 saturated carbocycles. The number of rotatable bonds is 4. The number of amides is 2. The average molecular weight is 357 g/mol. The van der Waals surface area contributed by atoms with Crippen molar-refractivity contribution in [2.24, 2.45) is 0 Å². The standard InChI is InChI=1S/C17H19N5O2S/c1-10(25-17-20-19-11(2)22(17)12-7-8-12)16(24)21-9-15(23)18-13-5-3-4-6-14(13)21/h3-6,10,12H,7-9H2,1-2H3,(H,18,23)/t10-/m0/s1. The summed E-state index contributed by atoms with van der Waals surface area (Å²) in [6.07, 6.45) is 2.27. The molecule has 2 amide bonds. The molecule has 1 N–H and O–H groups in total. The summed E-state index contributed by atoms with van der Waals surface area (Å²) in [6, 6.07) is 7.81. The Morgan fingerprint density at radius 3 is 2.84 bits per heavy atom. The van der Waals surface area contributed by atoms with Gasteiger partial charge in [-0.15, -0.1) is 10.2 Å². The maximum atomic E-state index is 13.0. The number of hydrogen-bond donors (Lipinski definition) is 1. The predicted octanol–water partition coefficient (Wildman–Crippen LogP) is 2.39. The number of anilines is 2. The largest absolute Gasteiger partial charge is 0.323 e. The van der Waals surface area contributed by atoms with Gasteiger partial charge < -0.3 is 9.88 Å². The molecule has 1 fully saturated rings.